The number of carbonyl (C=O) groups is 2. The molecule has 1 saturated carbocycles. The van der Waals surface area contributed by atoms with Gasteiger partial charge in [-0.15, -0.1) is 0 Å². The highest BCUT2D eigenvalue weighted by molar-refractivity contribution is 9.10. The first kappa shape index (κ1) is 20.4. The predicted octanol–water partition coefficient (Wildman–Crippen LogP) is 3.92. The van der Waals surface area contributed by atoms with Gasteiger partial charge in [-0.2, -0.15) is 0 Å². The van der Waals surface area contributed by atoms with Gasteiger partial charge in [0.05, 0.1) is 6.04 Å². The smallest absolute Gasteiger partial charge is 0.258 e. The summed E-state index contributed by atoms with van der Waals surface area (Å²) in [6, 6.07) is 15.7. The normalized spacial score (nSPS) is 14.2. The van der Waals surface area contributed by atoms with Gasteiger partial charge in [0.15, 0.2) is 6.61 Å². The first-order chi connectivity index (χ1) is 13.5. The maximum atomic E-state index is 12.2. The molecule has 5 nitrogen and oxygen atoms in total. The average molecular weight is 445 g/mol. The van der Waals surface area contributed by atoms with E-state index in [-0.39, 0.29) is 24.5 Å². The summed E-state index contributed by atoms with van der Waals surface area (Å²) in [5, 5.41) is 5.91. The molecule has 148 valence electrons. The fourth-order valence-electron chi connectivity index (χ4n) is 2.85. The molecule has 6 heteroatoms. The Labute approximate surface area is 174 Å². The summed E-state index contributed by atoms with van der Waals surface area (Å²) in [6.07, 6.45) is 3.27. The van der Waals surface area contributed by atoms with Crippen LogP contribution in [-0.2, 0) is 16.0 Å². The molecule has 1 aliphatic carbocycles. The van der Waals surface area contributed by atoms with Crippen molar-refractivity contribution in [3.05, 3.63) is 64.1 Å². The summed E-state index contributed by atoms with van der Waals surface area (Å²) in [5.41, 5.74) is 2.12. The van der Waals surface area contributed by atoms with Gasteiger partial charge in [-0.1, -0.05) is 40.2 Å². The Morgan fingerprint density at radius 1 is 1.14 bits per heavy atom. The van der Waals surface area contributed by atoms with Crippen LogP contribution in [0, 0.1) is 0 Å². The maximum absolute atomic E-state index is 12.2. The van der Waals surface area contributed by atoms with Crippen LogP contribution in [0.1, 0.15) is 43.4 Å². The second-order valence-corrected chi connectivity index (χ2v) is 8.03. The lowest BCUT2D eigenvalue weighted by Gasteiger charge is -2.15. The van der Waals surface area contributed by atoms with Crippen molar-refractivity contribution in [1.29, 1.82) is 0 Å². The van der Waals surface area contributed by atoms with Gasteiger partial charge in [0, 0.05) is 16.9 Å². The van der Waals surface area contributed by atoms with Crippen LogP contribution in [-0.4, -0.2) is 24.5 Å². The SMILES string of the molecule is CC(NC(=O)CCc1cccc(Br)c1)c1ccc(OCC(=O)NC2CC2)cc1. The standard InChI is InChI=1S/C22H25BrN2O3/c1-15(24-21(26)12-5-16-3-2-4-18(23)13-16)17-6-10-20(11-7-17)28-14-22(27)25-19-8-9-19/h2-4,6-7,10-11,13,15,19H,5,8-9,12,14H2,1H3,(H,24,26)(H,25,27). The Bertz CT molecular complexity index is 819. The van der Waals surface area contributed by atoms with E-state index in [1.54, 1.807) is 0 Å². The van der Waals surface area contributed by atoms with Crippen molar-refractivity contribution in [1.82, 2.24) is 10.6 Å². The van der Waals surface area contributed by atoms with Crippen LogP contribution in [0.3, 0.4) is 0 Å². The van der Waals surface area contributed by atoms with Crippen LogP contribution in [0.4, 0.5) is 0 Å². The minimum atomic E-state index is -0.0952. The van der Waals surface area contributed by atoms with E-state index in [0.717, 1.165) is 28.4 Å². The number of ether oxygens (including phenoxy) is 1. The van der Waals surface area contributed by atoms with Crippen LogP contribution in [0.15, 0.2) is 53.0 Å². The Hall–Kier alpha value is -2.34. The molecule has 0 bridgehead atoms. The van der Waals surface area contributed by atoms with E-state index >= 15 is 0 Å². The number of aryl methyl sites for hydroxylation is 1. The van der Waals surface area contributed by atoms with E-state index < -0.39 is 0 Å². The molecule has 0 aromatic heterocycles. The van der Waals surface area contributed by atoms with Crippen molar-refractivity contribution in [2.75, 3.05) is 6.61 Å². The van der Waals surface area contributed by atoms with E-state index in [1.807, 2.05) is 55.5 Å². The highest BCUT2D eigenvalue weighted by atomic mass is 79.9. The lowest BCUT2D eigenvalue weighted by atomic mass is 10.1. The summed E-state index contributed by atoms with van der Waals surface area (Å²) < 4.78 is 6.53. The number of hydrogen-bond acceptors (Lipinski definition) is 3. The van der Waals surface area contributed by atoms with Crippen LogP contribution < -0.4 is 15.4 Å². The van der Waals surface area contributed by atoms with Crippen molar-refractivity contribution < 1.29 is 14.3 Å². The molecular formula is C22H25BrN2O3. The molecule has 2 aromatic rings. The molecular weight excluding hydrogens is 420 g/mol. The van der Waals surface area contributed by atoms with Crippen LogP contribution in [0.5, 0.6) is 5.75 Å². The van der Waals surface area contributed by atoms with Crippen LogP contribution in [0.2, 0.25) is 0 Å². The molecule has 0 aliphatic heterocycles. The van der Waals surface area contributed by atoms with Gasteiger partial charge in [0.2, 0.25) is 5.91 Å². The molecule has 1 fully saturated rings. The van der Waals surface area contributed by atoms with Gasteiger partial charge in [-0.3, -0.25) is 9.59 Å². The van der Waals surface area contributed by atoms with Crippen LogP contribution in [0.25, 0.3) is 0 Å². The first-order valence-corrected chi connectivity index (χ1v) is 10.3. The Morgan fingerprint density at radius 2 is 1.89 bits per heavy atom. The number of amides is 2. The lowest BCUT2D eigenvalue weighted by molar-refractivity contribution is -0.123. The highest BCUT2D eigenvalue weighted by Crippen LogP contribution is 2.20. The molecule has 1 unspecified atom stereocenters. The quantitative estimate of drug-likeness (QED) is 0.615. The van der Waals surface area contributed by atoms with Crippen molar-refractivity contribution in [2.24, 2.45) is 0 Å². The average Bonchev–Trinajstić information content (AvgIpc) is 3.49. The molecule has 0 spiro atoms. The number of nitrogens with one attached hydrogen (secondary N) is 2. The molecule has 2 N–H and O–H groups in total. The zero-order valence-corrected chi connectivity index (χ0v) is 17.5. The molecule has 28 heavy (non-hydrogen) atoms. The monoisotopic (exact) mass is 444 g/mol. The molecule has 1 aliphatic rings. The predicted molar refractivity (Wildman–Crippen MR) is 112 cm³/mol. The number of rotatable bonds is 9. The van der Waals surface area contributed by atoms with Crippen LogP contribution >= 0.6 is 15.9 Å². The molecule has 0 saturated heterocycles. The Balaban J connectivity index is 1.42. The van der Waals surface area contributed by atoms with E-state index in [9.17, 15) is 9.59 Å². The number of carbonyl (C=O) groups excluding carboxylic acids is 2. The van der Waals surface area contributed by atoms with Crippen molar-refractivity contribution in [3.8, 4) is 5.75 Å². The fourth-order valence-corrected chi connectivity index (χ4v) is 3.29. The third-order valence-corrected chi connectivity index (χ3v) is 5.09. The fraction of sp³-hybridized carbons (Fsp3) is 0.364. The minimum Gasteiger partial charge on any atom is -0.484 e. The summed E-state index contributed by atoms with van der Waals surface area (Å²) in [6.45, 7) is 1.98. The number of hydrogen-bond donors (Lipinski definition) is 2. The second kappa shape index (κ2) is 9.73. The molecule has 2 amide bonds. The van der Waals surface area contributed by atoms with Gasteiger partial charge < -0.3 is 15.4 Å². The van der Waals surface area contributed by atoms with Gasteiger partial charge in [-0.05, 0) is 61.6 Å². The van der Waals surface area contributed by atoms with Gasteiger partial charge >= 0.3 is 0 Å². The first-order valence-electron chi connectivity index (χ1n) is 9.55. The largest absolute Gasteiger partial charge is 0.484 e. The van der Waals surface area contributed by atoms with E-state index in [2.05, 4.69) is 26.6 Å². The molecule has 1 atom stereocenters. The third kappa shape index (κ3) is 6.68. The van der Waals surface area contributed by atoms with Crippen molar-refractivity contribution in [3.63, 3.8) is 0 Å². The Morgan fingerprint density at radius 3 is 2.57 bits per heavy atom. The highest BCUT2D eigenvalue weighted by Gasteiger charge is 2.23. The van der Waals surface area contributed by atoms with Gasteiger partial charge in [0.25, 0.3) is 5.91 Å². The van der Waals surface area contributed by atoms with Crippen molar-refractivity contribution in [2.45, 2.75) is 44.7 Å². The van der Waals surface area contributed by atoms with Gasteiger partial charge in [0.1, 0.15) is 5.75 Å². The molecule has 3 rings (SSSR count). The van der Waals surface area contributed by atoms with E-state index in [0.29, 0.717) is 24.6 Å². The number of halogens is 1. The number of benzene rings is 2. The zero-order chi connectivity index (χ0) is 19.9. The Kier molecular flexibility index (Phi) is 7.09. The topological polar surface area (TPSA) is 67.4 Å². The lowest BCUT2D eigenvalue weighted by Crippen LogP contribution is -2.30. The maximum Gasteiger partial charge on any atom is 0.258 e. The van der Waals surface area contributed by atoms with Crippen molar-refractivity contribution >= 4 is 27.7 Å². The van der Waals surface area contributed by atoms with Gasteiger partial charge in [-0.25, -0.2) is 0 Å². The summed E-state index contributed by atoms with van der Waals surface area (Å²) >= 11 is 3.44. The van der Waals surface area contributed by atoms with E-state index in [4.69, 9.17) is 4.74 Å². The summed E-state index contributed by atoms with van der Waals surface area (Å²) in [5.74, 6) is 0.574. The summed E-state index contributed by atoms with van der Waals surface area (Å²) in [7, 11) is 0. The third-order valence-electron chi connectivity index (χ3n) is 4.60. The molecule has 0 radical (unpaired) electrons. The minimum absolute atomic E-state index is 0.0181. The molecule has 0 heterocycles. The van der Waals surface area contributed by atoms with E-state index in [1.165, 1.54) is 0 Å². The molecule has 2 aromatic carbocycles. The second-order valence-electron chi connectivity index (χ2n) is 7.12. The zero-order valence-electron chi connectivity index (χ0n) is 15.9. The summed E-state index contributed by atoms with van der Waals surface area (Å²) in [4.78, 5) is 23.9.